The number of hydrogen-bond acceptors (Lipinski definition) is 3. The molecule has 0 saturated heterocycles. The Labute approximate surface area is 175 Å². The second-order valence-corrected chi connectivity index (χ2v) is 7.00. The Hall–Kier alpha value is -3.92. The lowest BCUT2D eigenvalue weighted by Crippen LogP contribution is -2.32. The summed E-state index contributed by atoms with van der Waals surface area (Å²) < 4.78 is 5.35. The van der Waals surface area contributed by atoms with Gasteiger partial charge in [0.2, 0.25) is 0 Å². The molecule has 4 aromatic rings. The quantitative estimate of drug-likeness (QED) is 0.411. The van der Waals surface area contributed by atoms with E-state index in [4.69, 9.17) is 4.74 Å². The normalized spacial score (nSPS) is 11.6. The SMILES string of the molecule is O=C(N[C@H](CC(=O)c1ccc2ccccc2c1)c1ccccc1)Oc1ccccc1. The number of nitrogens with one attached hydrogen (secondary N) is 1. The van der Waals surface area contributed by atoms with Gasteiger partial charge in [-0.05, 0) is 34.5 Å². The van der Waals surface area contributed by atoms with E-state index in [1.165, 1.54) is 0 Å². The van der Waals surface area contributed by atoms with Crippen LogP contribution in [0.3, 0.4) is 0 Å². The molecule has 0 spiro atoms. The summed E-state index contributed by atoms with van der Waals surface area (Å²) in [6, 6.07) is 31.4. The zero-order valence-corrected chi connectivity index (χ0v) is 16.3. The van der Waals surface area contributed by atoms with Crippen LogP contribution in [0.4, 0.5) is 4.79 Å². The van der Waals surface area contributed by atoms with Crippen LogP contribution in [0.5, 0.6) is 5.75 Å². The average Bonchev–Trinajstić information content (AvgIpc) is 2.79. The molecule has 4 nitrogen and oxygen atoms in total. The Morgan fingerprint density at radius 1 is 0.733 bits per heavy atom. The van der Waals surface area contributed by atoms with Crippen molar-refractivity contribution in [3.8, 4) is 5.75 Å². The van der Waals surface area contributed by atoms with E-state index in [1.807, 2.05) is 78.9 Å². The van der Waals surface area contributed by atoms with Crippen molar-refractivity contribution in [2.75, 3.05) is 0 Å². The number of ketones is 1. The van der Waals surface area contributed by atoms with E-state index < -0.39 is 12.1 Å². The van der Waals surface area contributed by atoms with E-state index in [-0.39, 0.29) is 12.2 Å². The molecule has 4 heteroatoms. The van der Waals surface area contributed by atoms with Crippen LogP contribution >= 0.6 is 0 Å². The van der Waals surface area contributed by atoms with Crippen LogP contribution in [-0.4, -0.2) is 11.9 Å². The number of carbonyl (C=O) groups excluding carboxylic acids is 2. The zero-order chi connectivity index (χ0) is 20.8. The first kappa shape index (κ1) is 19.4. The molecule has 148 valence electrons. The first-order valence-corrected chi connectivity index (χ1v) is 9.79. The molecule has 1 amide bonds. The van der Waals surface area contributed by atoms with E-state index in [2.05, 4.69) is 5.32 Å². The molecule has 0 heterocycles. The molecule has 1 atom stereocenters. The summed E-state index contributed by atoms with van der Waals surface area (Å²) in [6.45, 7) is 0. The van der Waals surface area contributed by atoms with Crippen molar-refractivity contribution in [1.82, 2.24) is 5.32 Å². The van der Waals surface area contributed by atoms with E-state index >= 15 is 0 Å². The van der Waals surface area contributed by atoms with Gasteiger partial charge in [0.15, 0.2) is 5.78 Å². The number of para-hydroxylation sites is 1. The Balaban J connectivity index is 1.53. The number of ether oxygens (including phenoxy) is 1. The van der Waals surface area contributed by atoms with Crippen LogP contribution in [0.15, 0.2) is 103 Å². The van der Waals surface area contributed by atoms with Gasteiger partial charge in [0.1, 0.15) is 5.75 Å². The zero-order valence-electron chi connectivity index (χ0n) is 16.3. The maximum atomic E-state index is 13.0. The third-order valence-corrected chi connectivity index (χ3v) is 4.91. The molecule has 4 aromatic carbocycles. The fourth-order valence-corrected chi connectivity index (χ4v) is 3.37. The summed E-state index contributed by atoms with van der Waals surface area (Å²) in [5.41, 5.74) is 1.46. The summed E-state index contributed by atoms with van der Waals surface area (Å²) in [5.74, 6) is 0.400. The summed E-state index contributed by atoms with van der Waals surface area (Å²) in [6.07, 6.45) is -0.465. The summed E-state index contributed by atoms with van der Waals surface area (Å²) in [5, 5.41) is 4.93. The van der Waals surface area contributed by atoms with Crippen molar-refractivity contribution in [3.05, 3.63) is 114 Å². The van der Waals surface area contributed by atoms with Crippen molar-refractivity contribution in [2.45, 2.75) is 12.5 Å². The maximum Gasteiger partial charge on any atom is 0.413 e. The topological polar surface area (TPSA) is 55.4 Å². The van der Waals surface area contributed by atoms with Crippen LogP contribution in [0.25, 0.3) is 10.8 Å². The predicted octanol–water partition coefficient (Wildman–Crippen LogP) is 5.94. The van der Waals surface area contributed by atoms with Crippen molar-refractivity contribution in [1.29, 1.82) is 0 Å². The Bertz CT molecular complexity index is 1160. The molecule has 0 unspecified atom stereocenters. The summed E-state index contributed by atoms with van der Waals surface area (Å²) >= 11 is 0. The van der Waals surface area contributed by atoms with Crippen molar-refractivity contribution in [2.24, 2.45) is 0 Å². The first-order chi connectivity index (χ1) is 14.7. The largest absolute Gasteiger partial charge is 0.413 e. The van der Waals surface area contributed by atoms with Gasteiger partial charge in [-0.1, -0.05) is 84.9 Å². The lowest BCUT2D eigenvalue weighted by Gasteiger charge is -2.18. The van der Waals surface area contributed by atoms with Crippen LogP contribution in [0.1, 0.15) is 28.4 Å². The van der Waals surface area contributed by atoms with Crippen LogP contribution in [-0.2, 0) is 0 Å². The standard InChI is InChI=1S/C26H21NO3/c28-25(22-16-15-19-9-7-8-12-21(19)17-22)18-24(20-10-3-1-4-11-20)27-26(29)30-23-13-5-2-6-14-23/h1-17,24H,18H2,(H,27,29)/t24-/m1/s1. The number of carbonyl (C=O) groups is 2. The Morgan fingerprint density at radius 3 is 2.10 bits per heavy atom. The summed E-state index contributed by atoms with van der Waals surface area (Å²) in [4.78, 5) is 25.5. The van der Waals surface area contributed by atoms with Crippen molar-refractivity contribution in [3.63, 3.8) is 0 Å². The van der Waals surface area contributed by atoms with Gasteiger partial charge in [0.05, 0.1) is 6.04 Å². The number of amides is 1. The minimum Gasteiger partial charge on any atom is -0.410 e. The van der Waals surface area contributed by atoms with Crippen LogP contribution in [0, 0.1) is 0 Å². The fourth-order valence-electron chi connectivity index (χ4n) is 3.37. The maximum absolute atomic E-state index is 13.0. The number of Topliss-reactive ketones (excluding diaryl/α,β-unsaturated/α-hetero) is 1. The second-order valence-electron chi connectivity index (χ2n) is 7.00. The molecule has 4 rings (SSSR count). The van der Waals surface area contributed by atoms with Crippen LogP contribution < -0.4 is 10.1 Å². The third-order valence-electron chi connectivity index (χ3n) is 4.91. The summed E-state index contributed by atoms with van der Waals surface area (Å²) in [7, 11) is 0. The molecule has 0 fully saturated rings. The highest BCUT2D eigenvalue weighted by molar-refractivity contribution is 6.00. The fraction of sp³-hybridized carbons (Fsp3) is 0.0769. The Kier molecular flexibility index (Phi) is 5.85. The third kappa shape index (κ3) is 4.73. The minimum atomic E-state index is -0.596. The van der Waals surface area contributed by atoms with E-state index in [9.17, 15) is 9.59 Å². The lowest BCUT2D eigenvalue weighted by molar-refractivity contribution is 0.0969. The van der Waals surface area contributed by atoms with Gasteiger partial charge in [-0.2, -0.15) is 0 Å². The van der Waals surface area contributed by atoms with Gasteiger partial charge in [0.25, 0.3) is 0 Å². The predicted molar refractivity (Wildman–Crippen MR) is 118 cm³/mol. The molecule has 30 heavy (non-hydrogen) atoms. The smallest absolute Gasteiger partial charge is 0.410 e. The van der Waals surface area contributed by atoms with E-state index in [1.54, 1.807) is 24.3 Å². The van der Waals surface area contributed by atoms with Crippen molar-refractivity contribution < 1.29 is 14.3 Å². The molecule has 0 aromatic heterocycles. The van der Waals surface area contributed by atoms with Gasteiger partial charge < -0.3 is 10.1 Å². The molecule has 0 aliphatic rings. The van der Waals surface area contributed by atoms with E-state index in [0.717, 1.165) is 16.3 Å². The van der Waals surface area contributed by atoms with Gasteiger partial charge in [-0.15, -0.1) is 0 Å². The number of rotatable bonds is 6. The van der Waals surface area contributed by atoms with Gasteiger partial charge >= 0.3 is 6.09 Å². The Morgan fingerprint density at radius 2 is 1.37 bits per heavy atom. The molecule has 0 radical (unpaired) electrons. The molecule has 0 bridgehead atoms. The van der Waals surface area contributed by atoms with E-state index in [0.29, 0.717) is 11.3 Å². The highest BCUT2D eigenvalue weighted by Crippen LogP contribution is 2.22. The average molecular weight is 395 g/mol. The van der Waals surface area contributed by atoms with Crippen molar-refractivity contribution >= 4 is 22.6 Å². The monoisotopic (exact) mass is 395 g/mol. The van der Waals surface area contributed by atoms with Crippen LogP contribution in [0.2, 0.25) is 0 Å². The molecule has 0 aliphatic heterocycles. The molecule has 0 saturated carbocycles. The first-order valence-electron chi connectivity index (χ1n) is 9.79. The lowest BCUT2D eigenvalue weighted by atomic mass is 9.96. The molecular formula is C26H21NO3. The number of benzene rings is 4. The second kappa shape index (κ2) is 9.05. The van der Waals surface area contributed by atoms with Gasteiger partial charge in [-0.3, -0.25) is 4.79 Å². The molecular weight excluding hydrogens is 374 g/mol. The van der Waals surface area contributed by atoms with Gasteiger partial charge in [0, 0.05) is 12.0 Å². The molecule has 0 aliphatic carbocycles. The number of fused-ring (bicyclic) bond motifs is 1. The highest BCUT2D eigenvalue weighted by Gasteiger charge is 2.20. The molecule has 1 N–H and O–H groups in total. The highest BCUT2D eigenvalue weighted by atomic mass is 16.6. The minimum absolute atomic E-state index is 0.0467. The van der Waals surface area contributed by atoms with Gasteiger partial charge in [-0.25, -0.2) is 4.79 Å². The number of hydrogen-bond donors (Lipinski definition) is 1.